The summed E-state index contributed by atoms with van der Waals surface area (Å²) in [4.78, 5) is 0. The second-order valence-electron chi connectivity index (χ2n) is 5.42. The van der Waals surface area contributed by atoms with Crippen molar-refractivity contribution in [2.24, 2.45) is 0 Å². The molecule has 5 nitrogen and oxygen atoms in total. The Bertz CT molecular complexity index is 1030. The van der Waals surface area contributed by atoms with Crippen LogP contribution in [0, 0.1) is 17.1 Å². The first-order valence-electron chi connectivity index (χ1n) is 7.38. The highest BCUT2D eigenvalue weighted by Crippen LogP contribution is 2.34. The molecule has 0 saturated heterocycles. The van der Waals surface area contributed by atoms with Gasteiger partial charge in [0.15, 0.2) is 5.69 Å². The number of H-pyrrole nitrogens is 1. The van der Waals surface area contributed by atoms with E-state index in [4.69, 9.17) is 21.6 Å². The van der Waals surface area contributed by atoms with E-state index >= 15 is 0 Å². The Morgan fingerprint density at radius 1 is 1.19 bits per heavy atom. The Balaban J connectivity index is 1.92. The van der Waals surface area contributed by atoms with E-state index in [1.165, 1.54) is 18.2 Å². The number of benzene rings is 2. The molecule has 1 N–H and O–H groups in total. The van der Waals surface area contributed by atoms with Crippen LogP contribution in [0.3, 0.4) is 0 Å². The standard InChI is InChI=1S/C17H9ClF4N4O/c18-11-1-2-15(13(6-11)16-14(7-23)24-26-25-16)27-8-9-3-10(17(20,21)22)5-12(19)4-9/h1-6H,8H2,(H,24,25,26). The Morgan fingerprint density at radius 3 is 2.67 bits per heavy atom. The molecule has 0 amide bonds. The third-order valence-corrected chi connectivity index (χ3v) is 3.77. The zero-order valence-corrected chi connectivity index (χ0v) is 14.1. The van der Waals surface area contributed by atoms with E-state index in [-0.39, 0.29) is 29.3 Å². The summed E-state index contributed by atoms with van der Waals surface area (Å²) < 4.78 is 57.5. The summed E-state index contributed by atoms with van der Waals surface area (Å²) in [6.45, 7) is -0.338. The van der Waals surface area contributed by atoms with E-state index in [1.807, 2.05) is 6.07 Å². The van der Waals surface area contributed by atoms with Crippen LogP contribution < -0.4 is 4.74 Å². The Hall–Kier alpha value is -3.12. The van der Waals surface area contributed by atoms with Crippen LogP contribution in [0.1, 0.15) is 16.8 Å². The second kappa shape index (κ2) is 7.25. The zero-order chi connectivity index (χ0) is 19.6. The molecule has 3 rings (SSSR count). The smallest absolute Gasteiger partial charge is 0.416 e. The third kappa shape index (κ3) is 4.17. The Kier molecular flexibility index (Phi) is 5.01. The molecular formula is C17H9ClF4N4O. The predicted molar refractivity (Wildman–Crippen MR) is 87.3 cm³/mol. The van der Waals surface area contributed by atoms with Crippen molar-refractivity contribution in [2.45, 2.75) is 12.8 Å². The van der Waals surface area contributed by atoms with Crippen LogP contribution in [-0.4, -0.2) is 15.4 Å². The predicted octanol–water partition coefficient (Wildman–Crippen LogP) is 4.73. The molecule has 0 bridgehead atoms. The second-order valence-corrected chi connectivity index (χ2v) is 5.86. The minimum absolute atomic E-state index is 0.0103. The highest BCUT2D eigenvalue weighted by Gasteiger charge is 2.31. The fraction of sp³-hybridized carbons (Fsp3) is 0.118. The molecule has 0 unspecified atom stereocenters. The molecule has 1 heterocycles. The van der Waals surface area contributed by atoms with Gasteiger partial charge in [0, 0.05) is 10.6 Å². The number of hydrogen-bond acceptors (Lipinski definition) is 4. The summed E-state index contributed by atoms with van der Waals surface area (Å²) in [5.41, 5.74) is -0.567. The van der Waals surface area contributed by atoms with Crippen molar-refractivity contribution < 1.29 is 22.3 Å². The number of aromatic nitrogens is 3. The first-order valence-corrected chi connectivity index (χ1v) is 7.76. The van der Waals surface area contributed by atoms with Crippen LogP contribution in [0.15, 0.2) is 36.4 Å². The molecule has 0 aliphatic rings. The first-order chi connectivity index (χ1) is 12.8. The molecule has 0 atom stereocenters. The van der Waals surface area contributed by atoms with Crippen molar-refractivity contribution >= 4 is 11.6 Å². The first kappa shape index (κ1) is 18.7. The number of hydrogen-bond donors (Lipinski definition) is 1. The van der Waals surface area contributed by atoms with E-state index in [2.05, 4.69) is 15.4 Å². The Labute approximate surface area is 155 Å². The highest BCUT2D eigenvalue weighted by molar-refractivity contribution is 6.31. The van der Waals surface area contributed by atoms with E-state index in [1.54, 1.807) is 0 Å². The van der Waals surface area contributed by atoms with Crippen LogP contribution in [0.4, 0.5) is 17.6 Å². The van der Waals surface area contributed by atoms with E-state index in [0.29, 0.717) is 16.7 Å². The van der Waals surface area contributed by atoms with E-state index < -0.39 is 17.6 Å². The average Bonchev–Trinajstić information content (AvgIpc) is 3.08. The van der Waals surface area contributed by atoms with Gasteiger partial charge in [-0.2, -0.15) is 18.4 Å². The van der Waals surface area contributed by atoms with Crippen LogP contribution in [0.5, 0.6) is 5.75 Å². The molecule has 138 valence electrons. The molecule has 0 aliphatic carbocycles. The molecule has 1 aromatic heterocycles. The molecule has 0 radical (unpaired) electrons. The maximum absolute atomic E-state index is 13.5. The van der Waals surface area contributed by atoms with Gasteiger partial charge in [0.1, 0.15) is 29.9 Å². The molecule has 0 aliphatic heterocycles. The molecular weight excluding hydrogens is 388 g/mol. The van der Waals surface area contributed by atoms with Crippen molar-refractivity contribution in [2.75, 3.05) is 0 Å². The number of alkyl halides is 3. The van der Waals surface area contributed by atoms with Gasteiger partial charge in [0.05, 0.1) is 5.56 Å². The molecule has 27 heavy (non-hydrogen) atoms. The minimum atomic E-state index is -4.68. The number of rotatable bonds is 4. The van der Waals surface area contributed by atoms with Gasteiger partial charge in [-0.3, -0.25) is 0 Å². The summed E-state index contributed by atoms with van der Waals surface area (Å²) >= 11 is 5.97. The van der Waals surface area contributed by atoms with Crippen molar-refractivity contribution in [1.29, 1.82) is 5.26 Å². The van der Waals surface area contributed by atoms with E-state index in [0.717, 1.165) is 12.1 Å². The lowest BCUT2D eigenvalue weighted by atomic mass is 10.1. The quantitative estimate of drug-likeness (QED) is 0.647. The largest absolute Gasteiger partial charge is 0.488 e. The fourth-order valence-electron chi connectivity index (χ4n) is 2.37. The number of nitrogens with zero attached hydrogens (tertiary/aromatic N) is 3. The maximum Gasteiger partial charge on any atom is 0.416 e. The van der Waals surface area contributed by atoms with Crippen molar-refractivity contribution in [3.63, 3.8) is 0 Å². The summed E-state index contributed by atoms with van der Waals surface area (Å²) in [6, 6.07) is 8.47. The van der Waals surface area contributed by atoms with Gasteiger partial charge in [0.2, 0.25) is 0 Å². The van der Waals surface area contributed by atoms with Crippen LogP contribution >= 0.6 is 11.6 Å². The van der Waals surface area contributed by atoms with Gasteiger partial charge in [-0.25, -0.2) is 9.49 Å². The normalized spacial score (nSPS) is 11.3. The lowest BCUT2D eigenvalue weighted by Gasteiger charge is -2.13. The molecule has 2 aromatic carbocycles. The van der Waals surface area contributed by atoms with Crippen molar-refractivity contribution in [3.05, 3.63) is 64.1 Å². The lowest BCUT2D eigenvalue weighted by Crippen LogP contribution is -2.07. The highest BCUT2D eigenvalue weighted by atomic mass is 35.5. The van der Waals surface area contributed by atoms with Gasteiger partial charge in [0.25, 0.3) is 0 Å². The topological polar surface area (TPSA) is 74.6 Å². The summed E-state index contributed by atoms with van der Waals surface area (Å²) in [7, 11) is 0. The number of nitrogens with one attached hydrogen (secondary N) is 1. The van der Waals surface area contributed by atoms with Crippen molar-refractivity contribution in [1.82, 2.24) is 15.4 Å². The summed E-state index contributed by atoms with van der Waals surface area (Å²) in [5, 5.41) is 19.2. The third-order valence-electron chi connectivity index (χ3n) is 3.54. The summed E-state index contributed by atoms with van der Waals surface area (Å²) in [6.07, 6.45) is -4.68. The average molecular weight is 397 g/mol. The summed E-state index contributed by atoms with van der Waals surface area (Å²) in [5.74, 6) is -0.828. The van der Waals surface area contributed by atoms with Crippen molar-refractivity contribution in [3.8, 4) is 23.1 Å². The van der Waals surface area contributed by atoms with Gasteiger partial charge >= 0.3 is 6.18 Å². The molecule has 0 saturated carbocycles. The van der Waals surface area contributed by atoms with Gasteiger partial charge in [-0.15, -0.1) is 5.10 Å². The SMILES string of the molecule is N#Cc1[nH]nnc1-c1cc(Cl)ccc1OCc1cc(F)cc(C(F)(F)F)c1. The Morgan fingerprint density at radius 2 is 1.96 bits per heavy atom. The zero-order valence-electron chi connectivity index (χ0n) is 13.3. The number of nitriles is 1. The molecule has 3 aromatic rings. The molecule has 10 heteroatoms. The monoisotopic (exact) mass is 396 g/mol. The number of ether oxygens (including phenoxy) is 1. The van der Waals surface area contributed by atoms with E-state index in [9.17, 15) is 17.6 Å². The number of aromatic amines is 1. The van der Waals surface area contributed by atoms with Crippen LogP contribution in [-0.2, 0) is 12.8 Å². The fourth-order valence-corrected chi connectivity index (χ4v) is 2.54. The maximum atomic E-state index is 13.5. The van der Waals surface area contributed by atoms with Crippen LogP contribution in [0.2, 0.25) is 5.02 Å². The molecule has 0 spiro atoms. The van der Waals surface area contributed by atoms with Gasteiger partial charge < -0.3 is 4.74 Å². The molecule has 0 fully saturated rings. The van der Waals surface area contributed by atoms with Crippen LogP contribution in [0.25, 0.3) is 11.3 Å². The minimum Gasteiger partial charge on any atom is -0.488 e. The van der Waals surface area contributed by atoms with Gasteiger partial charge in [-0.05, 0) is 42.0 Å². The van der Waals surface area contributed by atoms with Gasteiger partial charge in [-0.1, -0.05) is 16.8 Å². The number of halogens is 5. The lowest BCUT2D eigenvalue weighted by molar-refractivity contribution is -0.137.